The molecule has 0 N–H and O–H groups in total. The monoisotopic (exact) mass is 134 g/mol. The average Bonchev–Trinajstić information content (AvgIpc) is 1.95. The van der Waals surface area contributed by atoms with Gasteiger partial charge in [-0.25, -0.2) is 4.98 Å². The van der Waals surface area contributed by atoms with E-state index in [1.807, 2.05) is 0 Å². The van der Waals surface area contributed by atoms with Gasteiger partial charge in [0, 0.05) is 6.20 Å². The first-order valence-corrected chi connectivity index (χ1v) is 2.72. The van der Waals surface area contributed by atoms with Crippen LogP contribution < -0.4 is 0 Å². The highest BCUT2D eigenvalue weighted by atomic mass is 19.1. The molecule has 0 saturated carbocycles. The quantitative estimate of drug-likeness (QED) is 0.490. The van der Waals surface area contributed by atoms with Crippen molar-refractivity contribution in [1.82, 2.24) is 4.98 Å². The van der Waals surface area contributed by atoms with E-state index >= 15 is 0 Å². The maximum Gasteiger partial charge on any atom is 0.115 e. The zero-order valence-electron chi connectivity index (χ0n) is 5.26. The minimum Gasteiger partial charge on any atom is -0.247 e. The van der Waals surface area contributed by atoms with Crippen LogP contribution in [0.15, 0.2) is 18.3 Å². The van der Waals surface area contributed by atoms with Crippen LogP contribution in [-0.2, 0) is 0 Å². The lowest BCUT2D eigenvalue weighted by atomic mass is 10.3. The van der Waals surface area contributed by atoms with Gasteiger partial charge in [0.1, 0.15) is 11.9 Å². The third-order valence-corrected chi connectivity index (χ3v) is 1.00. The fraction of sp³-hybridized carbons (Fsp3) is 0. The Morgan fingerprint density at radius 1 is 1.50 bits per heavy atom. The highest BCUT2D eigenvalue weighted by Crippen LogP contribution is 1.95. The number of aromatic nitrogens is 1. The van der Waals surface area contributed by atoms with Crippen LogP contribution in [0.3, 0.4) is 0 Å². The first-order valence-electron chi connectivity index (χ1n) is 2.72. The lowest BCUT2D eigenvalue weighted by molar-refractivity contribution is 0.773. The van der Waals surface area contributed by atoms with Crippen molar-refractivity contribution in [2.45, 2.75) is 0 Å². The Bertz CT molecular complexity index is 266. The molecular weight excluding hydrogens is 129 g/mol. The van der Waals surface area contributed by atoms with Crippen molar-refractivity contribution in [1.29, 1.82) is 0 Å². The number of halogens is 1. The SMILES string of the molecule is [CH2]c1ccc(C#CF)nc1. The van der Waals surface area contributed by atoms with Crippen LogP contribution in [0.2, 0.25) is 0 Å². The summed E-state index contributed by atoms with van der Waals surface area (Å²) in [5, 5.41) is 0. The van der Waals surface area contributed by atoms with Crippen molar-refractivity contribution < 1.29 is 4.39 Å². The van der Waals surface area contributed by atoms with Crippen molar-refractivity contribution in [2.24, 2.45) is 0 Å². The van der Waals surface area contributed by atoms with Crippen LogP contribution in [0.5, 0.6) is 0 Å². The van der Waals surface area contributed by atoms with Crippen molar-refractivity contribution in [3.63, 3.8) is 0 Å². The second-order valence-electron chi connectivity index (χ2n) is 1.77. The second kappa shape index (κ2) is 2.98. The van der Waals surface area contributed by atoms with E-state index in [1.54, 1.807) is 18.3 Å². The minimum absolute atomic E-state index is 0.426. The van der Waals surface area contributed by atoms with E-state index < -0.39 is 0 Å². The van der Waals surface area contributed by atoms with E-state index in [-0.39, 0.29) is 0 Å². The molecule has 1 aromatic heterocycles. The molecule has 0 spiro atoms. The summed E-state index contributed by atoms with van der Waals surface area (Å²) in [6.45, 7) is 3.62. The molecule has 2 heteroatoms. The smallest absolute Gasteiger partial charge is 0.115 e. The maximum absolute atomic E-state index is 11.4. The second-order valence-corrected chi connectivity index (χ2v) is 1.77. The molecule has 0 fully saturated rings. The van der Waals surface area contributed by atoms with Crippen LogP contribution in [-0.4, -0.2) is 4.98 Å². The fourth-order valence-corrected chi connectivity index (χ4v) is 0.547. The van der Waals surface area contributed by atoms with E-state index in [1.165, 1.54) is 6.17 Å². The highest BCUT2D eigenvalue weighted by molar-refractivity contribution is 5.28. The normalized spacial score (nSPS) is 8.20. The zero-order chi connectivity index (χ0) is 7.40. The van der Waals surface area contributed by atoms with Crippen molar-refractivity contribution in [2.75, 3.05) is 0 Å². The van der Waals surface area contributed by atoms with Crippen molar-refractivity contribution in [3.8, 4) is 12.1 Å². The molecule has 1 rings (SSSR count). The van der Waals surface area contributed by atoms with E-state index in [9.17, 15) is 4.39 Å². The molecule has 0 saturated heterocycles. The number of rotatable bonds is 0. The third-order valence-electron chi connectivity index (χ3n) is 1.00. The first kappa shape index (κ1) is 6.76. The average molecular weight is 134 g/mol. The molecule has 0 aliphatic carbocycles. The van der Waals surface area contributed by atoms with Gasteiger partial charge in [-0.15, -0.1) is 4.39 Å². The number of pyridine rings is 1. The Morgan fingerprint density at radius 3 is 2.80 bits per heavy atom. The largest absolute Gasteiger partial charge is 0.247 e. The first-order chi connectivity index (χ1) is 4.83. The molecule has 0 amide bonds. The van der Waals surface area contributed by atoms with Gasteiger partial charge in [0.05, 0.1) is 0 Å². The summed E-state index contributed by atoms with van der Waals surface area (Å²) in [4.78, 5) is 3.79. The van der Waals surface area contributed by atoms with Gasteiger partial charge in [0.25, 0.3) is 0 Å². The number of hydrogen-bond acceptors (Lipinski definition) is 1. The molecule has 0 unspecified atom stereocenters. The summed E-state index contributed by atoms with van der Waals surface area (Å²) < 4.78 is 11.4. The number of nitrogens with zero attached hydrogens (tertiary/aromatic N) is 1. The molecule has 0 atom stereocenters. The molecule has 1 aromatic rings. The van der Waals surface area contributed by atoms with Crippen LogP contribution in [0.4, 0.5) is 4.39 Å². The summed E-state index contributed by atoms with van der Waals surface area (Å²) in [5.74, 6) is 2.18. The minimum atomic E-state index is 0.426. The Labute approximate surface area is 58.9 Å². The van der Waals surface area contributed by atoms with Crippen molar-refractivity contribution >= 4 is 0 Å². The van der Waals surface area contributed by atoms with Gasteiger partial charge in [-0.05, 0) is 24.5 Å². The van der Waals surface area contributed by atoms with Gasteiger partial charge < -0.3 is 0 Å². The van der Waals surface area contributed by atoms with E-state index in [4.69, 9.17) is 0 Å². The van der Waals surface area contributed by atoms with Crippen LogP contribution in [0.1, 0.15) is 11.3 Å². The fourth-order valence-electron chi connectivity index (χ4n) is 0.547. The van der Waals surface area contributed by atoms with Gasteiger partial charge in [0.2, 0.25) is 0 Å². The van der Waals surface area contributed by atoms with Gasteiger partial charge in [-0.1, -0.05) is 6.07 Å². The van der Waals surface area contributed by atoms with E-state index in [2.05, 4.69) is 17.8 Å². The summed E-state index contributed by atoms with van der Waals surface area (Å²) in [7, 11) is 0. The predicted molar refractivity (Wildman–Crippen MR) is 36.7 cm³/mol. The molecule has 1 nitrogen and oxygen atoms in total. The van der Waals surface area contributed by atoms with Crippen LogP contribution in [0.25, 0.3) is 0 Å². The molecule has 0 aliphatic rings. The third kappa shape index (κ3) is 1.56. The summed E-state index contributed by atoms with van der Waals surface area (Å²) in [5.41, 5.74) is 1.22. The van der Waals surface area contributed by atoms with Crippen molar-refractivity contribution in [3.05, 3.63) is 36.5 Å². The predicted octanol–water partition coefficient (Wildman–Crippen LogP) is 1.54. The summed E-state index contributed by atoms with van der Waals surface area (Å²) in [6.07, 6.45) is 2.81. The molecule has 49 valence electrons. The van der Waals surface area contributed by atoms with Gasteiger partial charge in [0.15, 0.2) is 0 Å². The van der Waals surface area contributed by atoms with Crippen LogP contribution in [0, 0.1) is 19.0 Å². The maximum atomic E-state index is 11.4. The Morgan fingerprint density at radius 2 is 2.30 bits per heavy atom. The molecule has 0 bridgehead atoms. The number of hydrogen-bond donors (Lipinski definition) is 0. The topological polar surface area (TPSA) is 12.9 Å². The molecule has 1 radical (unpaired) electrons. The lowest BCUT2D eigenvalue weighted by Crippen LogP contribution is -1.80. The zero-order valence-corrected chi connectivity index (χ0v) is 5.26. The molecule has 1 heterocycles. The van der Waals surface area contributed by atoms with Gasteiger partial charge >= 0.3 is 0 Å². The molecule has 0 aliphatic heterocycles. The summed E-state index contributed by atoms with van der Waals surface area (Å²) >= 11 is 0. The van der Waals surface area contributed by atoms with E-state index in [0.717, 1.165) is 5.56 Å². The molecule has 0 aromatic carbocycles. The molecular formula is C8H5FN. The lowest BCUT2D eigenvalue weighted by Gasteiger charge is -1.88. The Kier molecular flexibility index (Phi) is 2.01. The highest BCUT2D eigenvalue weighted by Gasteiger charge is 1.85. The Balaban J connectivity index is 2.97. The summed E-state index contributed by atoms with van der Waals surface area (Å²) in [6, 6.07) is 3.35. The van der Waals surface area contributed by atoms with E-state index in [0.29, 0.717) is 5.69 Å². The molecule has 10 heavy (non-hydrogen) atoms. The standard InChI is InChI=1S/C8H5FN/c1-7-2-3-8(4-5-9)10-6-7/h2-3,6H,1H2. The van der Waals surface area contributed by atoms with Gasteiger partial charge in [-0.3, -0.25) is 0 Å². The Hall–Kier alpha value is -1.36. The van der Waals surface area contributed by atoms with Crippen LogP contribution >= 0.6 is 0 Å². The van der Waals surface area contributed by atoms with Gasteiger partial charge in [-0.2, -0.15) is 0 Å².